The molecule has 1 heterocycles. The average molecular weight is 322 g/mol. The largest absolute Gasteiger partial charge is 0.465 e. The highest BCUT2D eigenvalue weighted by molar-refractivity contribution is 9.10. The Labute approximate surface area is 111 Å². The minimum absolute atomic E-state index is 0.429. The van der Waals surface area contributed by atoms with Crippen LogP contribution in [-0.2, 0) is 0 Å². The van der Waals surface area contributed by atoms with Crippen molar-refractivity contribution in [3.8, 4) is 0 Å². The Morgan fingerprint density at radius 1 is 1.19 bits per heavy atom. The normalized spacial score (nSPS) is 12.8. The van der Waals surface area contributed by atoms with Crippen LogP contribution in [0.2, 0.25) is 10.0 Å². The molecule has 1 aromatic carbocycles. The minimum Gasteiger partial charge on any atom is -0.465 e. The number of halogens is 3. The molecule has 0 fully saturated rings. The van der Waals surface area contributed by atoms with Gasteiger partial charge >= 0.3 is 0 Å². The van der Waals surface area contributed by atoms with E-state index in [1.807, 2.05) is 0 Å². The maximum atomic E-state index is 10.1. The zero-order valence-electron chi connectivity index (χ0n) is 7.95. The standard InChI is InChI=1S/C11H7BrCl2O2/c12-9-1-2-16-11(9)10(15)6-3-7(13)5-8(14)4-6/h1-5,10,15H. The summed E-state index contributed by atoms with van der Waals surface area (Å²) in [5.74, 6) is 0.429. The number of furan rings is 1. The molecular formula is C11H7BrCl2O2. The van der Waals surface area contributed by atoms with Crippen LogP contribution in [0.15, 0.2) is 39.4 Å². The number of benzene rings is 1. The van der Waals surface area contributed by atoms with Gasteiger partial charge in [-0.1, -0.05) is 23.2 Å². The molecule has 0 saturated carbocycles. The van der Waals surface area contributed by atoms with E-state index in [4.69, 9.17) is 27.6 Å². The highest BCUT2D eigenvalue weighted by Crippen LogP contribution is 2.32. The monoisotopic (exact) mass is 320 g/mol. The van der Waals surface area contributed by atoms with E-state index in [2.05, 4.69) is 15.9 Å². The van der Waals surface area contributed by atoms with Crippen molar-refractivity contribution >= 4 is 39.1 Å². The van der Waals surface area contributed by atoms with E-state index in [1.165, 1.54) is 6.26 Å². The Hall–Kier alpha value is -0.480. The SMILES string of the molecule is OC(c1cc(Cl)cc(Cl)c1)c1occc1Br. The molecule has 1 N–H and O–H groups in total. The molecule has 1 unspecified atom stereocenters. The molecule has 1 aromatic heterocycles. The van der Waals surface area contributed by atoms with Gasteiger partial charge in [-0.25, -0.2) is 0 Å². The second kappa shape index (κ2) is 4.80. The van der Waals surface area contributed by atoms with Crippen LogP contribution in [0.4, 0.5) is 0 Å². The van der Waals surface area contributed by atoms with Crippen LogP contribution in [0.25, 0.3) is 0 Å². The highest BCUT2D eigenvalue weighted by Gasteiger charge is 2.17. The van der Waals surface area contributed by atoms with Gasteiger partial charge in [0.05, 0.1) is 10.7 Å². The lowest BCUT2D eigenvalue weighted by Gasteiger charge is -2.09. The summed E-state index contributed by atoms with van der Waals surface area (Å²) in [5, 5.41) is 11.0. The van der Waals surface area contributed by atoms with Gasteiger partial charge in [0, 0.05) is 10.0 Å². The quantitative estimate of drug-likeness (QED) is 0.887. The van der Waals surface area contributed by atoms with Crippen LogP contribution in [0.3, 0.4) is 0 Å². The Morgan fingerprint density at radius 3 is 2.31 bits per heavy atom. The molecule has 16 heavy (non-hydrogen) atoms. The van der Waals surface area contributed by atoms with E-state index < -0.39 is 6.10 Å². The molecule has 0 aliphatic rings. The molecule has 2 nitrogen and oxygen atoms in total. The van der Waals surface area contributed by atoms with Gasteiger partial charge < -0.3 is 9.52 Å². The van der Waals surface area contributed by atoms with E-state index in [0.717, 1.165) is 0 Å². The van der Waals surface area contributed by atoms with Gasteiger partial charge in [-0.05, 0) is 45.8 Å². The topological polar surface area (TPSA) is 33.4 Å². The lowest BCUT2D eigenvalue weighted by molar-refractivity contribution is 0.188. The first-order valence-electron chi connectivity index (χ1n) is 4.45. The summed E-state index contributed by atoms with van der Waals surface area (Å²) in [7, 11) is 0. The van der Waals surface area contributed by atoms with Crippen molar-refractivity contribution in [1.29, 1.82) is 0 Å². The van der Waals surface area contributed by atoms with Gasteiger partial charge in [0.2, 0.25) is 0 Å². The van der Waals surface area contributed by atoms with Crippen LogP contribution in [0.5, 0.6) is 0 Å². The Morgan fingerprint density at radius 2 is 1.81 bits per heavy atom. The summed E-state index contributed by atoms with van der Waals surface area (Å²) in [6.07, 6.45) is 0.606. The molecule has 0 aliphatic carbocycles. The molecule has 0 spiro atoms. The van der Waals surface area contributed by atoms with E-state index in [1.54, 1.807) is 24.3 Å². The molecular weight excluding hydrogens is 315 g/mol. The van der Waals surface area contributed by atoms with Crippen molar-refractivity contribution in [2.24, 2.45) is 0 Å². The van der Waals surface area contributed by atoms with Crippen LogP contribution < -0.4 is 0 Å². The van der Waals surface area contributed by atoms with E-state index in [9.17, 15) is 5.11 Å². The molecule has 2 aromatic rings. The van der Waals surface area contributed by atoms with E-state index in [0.29, 0.717) is 25.8 Å². The van der Waals surface area contributed by atoms with Crippen LogP contribution in [0, 0.1) is 0 Å². The van der Waals surface area contributed by atoms with Gasteiger partial charge in [0.15, 0.2) is 5.76 Å². The first-order valence-corrected chi connectivity index (χ1v) is 6.00. The third-order valence-electron chi connectivity index (χ3n) is 2.09. The summed E-state index contributed by atoms with van der Waals surface area (Å²) in [6, 6.07) is 6.61. The maximum absolute atomic E-state index is 10.1. The number of rotatable bonds is 2. The predicted octanol–water partition coefficient (Wildman–Crippen LogP) is 4.43. The van der Waals surface area contributed by atoms with Crippen molar-refractivity contribution in [1.82, 2.24) is 0 Å². The summed E-state index contributed by atoms with van der Waals surface area (Å²) >= 11 is 15.0. The van der Waals surface area contributed by atoms with Crippen molar-refractivity contribution in [3.05, 3.63) is 56.4 Å². The van der Waals surface area contributed by atoms with Crippen LogP contribution >= 0.6 is 39.1 Å². The molecule has 0 bridgehead atoms. The number of aliphatic hydroxyl groups is 1. The molecule has 0 aliphatic heterocycles. The number of hydrogen-bond acceptors (Lipinski definition) is 2. The first-order chi connectivity index (χ1) is 7.58. The van der Waals surface area contributed by atoms with Crippen LogP contribution in [0.1, 0.15) is 17.4 Å². The smallest absolute Gasteiger partial charge is 0.150 e. The van der Waals surface area contributed by atoms with Crippen molar-refractivity contribution in [2.75, 3.05) is 0 Å². The molecule has 5 heteroatoms. The Bertz CT molecular complexity index is 490. The number of aliphatic hydroxyl groups excluding tert-OH is 1. The Balaban J connectivity index is 2.41. The summed E-state index contributed by atoms with van der Waals surface area (Å²) in [5.41, 5.74) is 0.591. The molecule has 1 atom stereocenters. The molecule has 84 valence electrons. The van der Waals surface area contributed by atoms with E-state index in [-0.39, 0.29) is 0 Å². The van der Waals surface area contributed by atoms with E-state index >= 15 is 0 Å². The van der Waals surface area contributed by atoms with Crippen molar-refractivity contribution in [3.63, 3.8) is 0 Å². The van der Waals surface area contributed by atoms with Gasteiger partial charge in [-0.2, -0.15) is 0 Å². The van der Waals surface area contributed by atoms with Crippen LogP contribution in [-0.4, -0.2) is 5.11 Å². The second-order valence-corrected chi connectivity index (χ2v) is 4.97. The average Bonchev–Trinajstić information content (AvgIpc) is 2.62. The zero-order valence-corrected chi connectivity index (χ0v) is 11.1. The third kappa shape index (κ3) is 2.43. The summed E-state index contributed by atoms with van der Waals surface area (Å²) in [4.78, 5) is 0. The Kier molecular flexibility index (Phi) is 3.60. The molecule has 2 rings (SSSR count). The fourth-order valence-electron chi connectivity index (χ4n) is 1.38. The third-order valence-corrected chi connectivity index (χ3v) is 3.19. The lowest BCUT2D eigenvalue weighted by atomic mass is 10.1. The fourth-order valence-corrected chi connectivity index (χ4v) is 2.35. The maximum Gasteiger partial charge on any atom is 0.150 e. The second-order valence-electron chi connectivity index (χ2n) is 3.24. The zero-order chi connectivity index (χ0) is 11.7. The van der Waals surface area contributed by atoms with Crippen molar-refractivity contribution in [2.45, 2.75) is 6.10 Å². The molecule has 0 saturated heterocycles. The van der Waals surface area contributed by atoms with Gasteiger partial charge in [-0.3, -0.25) is 0 Å². The highest BCUT2D eigenvalue weighted by atomic mass is 79.9. The molecule has 0 radical (unpaired) electrons. The van der Waals surface area contributed by atoms with Gasteiger partial charge in [-0.15, -0.1) is 0 Å². The number of hydrogen-bond donors (Lipinski definition) is 1. The first kappa shape index (κ1) is 12.0. The lowest BCUT2D eigenvalue weighted by Crippen LogP contribution is -1.98. The van der Waals surface area contributed by atoms with Gasteiger partial charge in [0.25, 0.3) is 0 Å². The predicted molar refractivity (Wildman–Crippen MR) is 66.9 cm³/mol. The summed E-state index contributed by atoms with van der Waals surface area (Å²) < 4.78 is 5.88. The molecule has 0 amide bonds. The van der Waals surface area contributed by atoms with Gasteiger partial charge in [0.1, 0.15) is 6.10 Å². The van der Waals surface area contributed by atoms with Crippen molar-refractivity contribution < 1.29 is 9.52 Å². The minimum atomic E-state index is -0.888. The summed E-state index contributed by atoms with van der Waals surface area (Å²) in [6.45, 7) is 0. The fraction of sp³-hybridized carbons (Fsp3) is 0.0909.